The van der Waals surface area contributed by atoms with Crippen molar-refractivity contribution in [3.8, 4) is 0 Å². The van der Waals surface area contributed by atoms with Crippen molar-refractivity contribution in [2.45, 2.75) is 58.0 Å². The number of nitrogens with one attached hydrogen (secondary N) is 1. The third-order valence-corrected chi connectivity index (χ3v) is 4.07. The van der Waals surface area contributed by atoms with Crippen molar-refractivity contribution in [1.29, 1.82) is 0 Å². The van der Waals surface area contributed by atoms with E-state index in [-0.39, 0.29) is 48.6 Å². The predicted octanol–water partition coefficient (Wildman–Crippen LogP) is -2.74. The number of nitrogens with zero attached hydrogens (tertiary/aromatic N) is 2. The van der Waals surface area contributed by atoms with Crippen molar-refractivity contribution < 1.29 is 57.1 Å². The van der Waals surface area contributed by atoms with Crippen LogP contribution in [0.15, 0.2) is 12.5 Å². The highest BCUT2D eigenvalue weighted by molar-refractivity contribution is 5.87. The van der Waals surface area contributed by atoms with E-state index in [1.54, 1.807) is 17.1 Å². The van der Waals surface area contributed by atoms with Crippen LogP contribution in [0.2, 0.25) is 0 Å². The highest BCUT2D eigenvalue weighted by atomic mass is 127. The lowest BCUT2D eigenvalue weighted by molar-refractivity contribution is -0.671. The second-order valence-electron chi connectivity index (χ2n) is 6.82. The molecule has 3 heterocycles. The van der Waals surface area contributed by atoms with E-state index in [0.717, 1.165) is 0 Å². The molecule has 0 spiro atoms. The maximum atomic E-state index is 11.5. The summed E-state index contributed by atoms with van der Waals surface area (Å²) in [5.74, 6) is -0.752. The van der Waals surface area contributed by atoms with Crippen LogP contribution < -0.4 is 33.9 Å². The van der Waals surface area contributed by atoms with E-state index in [4.69, 9.17) is 18.9 Å². The van der Waals surface area contributed by atoms with Crippen LogP contribution in [0.1, 0.15) is 33.9 Å². The molecule has 1 amide bonds. The average molecular weight is 481 g/mol. The van der Waals surface area contributed by atoms with E-state index in [1.807, 2.05) is 25.5 Å². The van der Waals surface area contributed by atoms with Crippen LogP contribution in [-0.4, -0.2) is 47.1 Å². The summed E-state index contributed by atoms with van der Waals surface area (Å²) in [7, 11) is 1.85. The number of amides is 1. The lowest BCUT2D eigenvalue weighted by Crippen LogP contribution is -3.00. The van der Waals surface area contributed by atoms with E-state index in [0.29, 0.717) is 5.82 Å². The average Bonchev–Trinajstić information content (AvgIpc) is 3.07. The van der Waals surface area contributed by atoms with Gasteiger partial charge in [0.05, 0.1) is 7.05 Å². The highest BCUT2D eigenvalue weighted by Crippen LogP contribution is 2.43. The zero-order valence-corrected chi connectivity index (χ0v) is 17.6. The van der Waals surface area contributed by atoms with Gasteiger partial charge in [0.15, 0.2) is 18.1 Å². The Morgan fingerprint density at radius 2 is 1.96 bits per heavy atom. The van der Waals surface area contributed by atoms with Gasteiger partial charge in [-0.05, 0) is 13.8 Å². The lowest BCUT2D eigenvalue weighted by Gasteiger charge is -2.23. The quantitative estimate of drug-likeness (QED) is 0.285. The van der Waals surface area contributed by atoms with Crippen LogP contribution in [0.25, 0.3) is 0 Å². The number of hydrogen-bond acceptors (Lipinski definition) is 6. The van der Waals surface area contributed by atoms with E-state index < -0.39 is 24.2 Å². The van der Waals surface area contributed by atoms with Crippen LogP contribution in [0.5, 0.6) is 0 Å². The normalized spacial score (nSPS) is 29.0. The van der Waals surface area contributed by atoms with E-state index in [2.05, 4.69) is 5.32 Å². The minimum atomic E-state index is -0.769. The van der Waals surface area contributed by atoms with Crippen LogP contribution in [0, 0.1) is 0 Å². The van der Waals surface area contributed by atoms with Crippen LogP contribution >= 0.6 is 0 Å². The number of carbonyl (C=O) groups is 2. The van der Waals surface area contributed by atoms with Crippen molar-refractivity contribution >= 4 is 17.7 Å². The third-order valence-electron chi connectivity index (χ3n) is 4.07. The monoisotopic (exact) mass is 481 g/mol. The molecule has 0 bridgehead atoms. The van der Waals surface area contributed by atoms with Crippen LogP contribution in [0.4, 0.5) is 5.82 Å². The number of imidazole rings is 1. The first-order valence-electron chi connectivity index (χ1n) is 8.15. The summed E-state index contributed by atoms with van der Waals surface area (Å²) < 4.78 is 26.7. The Balaban J connectivity index is 0.00000243. The largest absolute Gasteiger partial charge is 1.00 e. The van der Waals surface area contributed by atoms with Crippen LogP contribution in [0.3, 0.4) is 0 Å². The molecule has 2 aliphatic rings. The van der Waals surface area contributed by atoms with Gasteiger partial charge in [0, 0.05) is 13.8 Å². The first kappa shape index (κ1) is 21.1. The van der Waals surface area contributed by atoms with Gasteiger partial charge in [0.1, 0.15) is 18.8 Å². The highest BCUT2D eigenvalue weighted by Gasteiger charge is 2.58. The zero-order chi connectivity index (χ0) is 18.4. The van der Waals surface area contributed by atoms with Gasteiger partial charge in [-0.1, -0.05) is 0 Å². The maximum absolute atomic E-state index is 11.5. The summed E-state index contributed by atoms with van der Waals surface area (Å²) in [5.41, 5.74) is 0. The zero-order valence-electron chi connectivity index (χ0n) is 15.4. The number of aryl methyl sites for hydroxylation is 1. The summed E-state index contributed by atoms with van der Waals surface area (Å²) in [5, 5.41) is 2.78. The molecular weight excluding hydrogens is 457 g/mol. The molecule has 26 heavy (non-hydrogen) atoms. The number of anilines is 1. The molecule has 1 N–H and O–H groups in total. The predicted molar refractivity (Wildman–Crippen MR) is 84.3 cm³/mol. The molecule has 0 radical (unpaired) electrons. The first-order valence-corrected chi connectivity index (χ1v) is 8.15. The molecule has 0 aromatic carbocycles. The fourth-order valence-corrected chi connectivity index (χ4v) is 3.25. The fourth-order valence-electron chi connectivity index (χ4n) is 3.25. The molecule has 2 fully saturated rings. The molecule has 3 rings (SSSR count). The van der Waals surface area contributed by atoms with Crippen molar-refractivity contribution in [3.63, 3.8) is 0 Å². The first-order chi connectivity index (χ1) is 11.7. The summed E-state index contributed by atoms with van der Waals surface area (Å²) in [6.07, 6.45) is 1.83. The van der Waals surface area contributed by atoms with Gasteiger partial charge in [-0.2, -0.15) is 4.57 Å². The molecule has 0 unspecified atom stereocenters. The van der Waals surface area contributed by atoms with Gasteiger partial charge in [-0.15, -0.1) is 0 Å². The Labute approximate surface area is 168 Å². The Hall–Kier alpha value is -1.24. The maximum Gasteiger partial charge on any atom is 0.302 e. The molecule has 9 nitrogen and oxygen atoms in total. The summed E-state index contributed by atoms with van der Waals surface area (Å²) >= 11 is 0. The Morgan fingerprint density at radius 1 is 1.31 bits per heavy atom. The van der Waals surface area contributed by atoms with Gasteiger partial charge in [0.25, 0.3) is 0 Å². The number of rotatable bonds is 4. The van der Waals surface area contributed by atoms with Crippen molar-refractivity contribution in [3.05, 3.63) is 12.5 Å². The number of aromatic nitrogens is 2. The smallest absolute Gasteiger partial charge is 0.302 e. The van der Waals surface area contributed by atoms with Crippen molar-refractivity contribution in [1.82, 2.24) is 4.57 Å². The lowest BCUT2D eigenvalue weighted by atomic mass is 10.1. The van der Waals surface area contributed by atoms with Gasteiger partial charge in [0.2, 0.25) is 24.3 Å². The Kier molecular flexibility index (Phi) is 6.31. The second-order valence-corrected chi connectivity index (χ2v) is 6.82. The van der Waals surface area contributed by atoms with Crippen LogP contribution in [-0.2, 0) is 35.6 Å². The third kappa shape index (κ3) is 4.35. The molecule has 1 aromatic rings. The minimum absolute atomic E-state index is 0. The number of hydrogen-bond donors (Lipinski definition) is 1. The van der Waals surface area contributed by atoms with Gasteiger partial charge < -0.3 is 42.9 Å². The molecular formula is C16H24IN3O6. The standard InChI is InChI=1S/C16H23N3O6.HI/c1-9(20)17-12-6-18(5)8-19(12)15-14-13(24-16(3,4)25-14)11(23-15)7-22-10(2)21;/h6,8,11,13-15H,7H2,1-5H3;1H/t11-,13-,14-,15-;/m1./s1. The molecule has 0 saturated carbocycles. The molecule has 1 aromatic heterocycles. The van der Waals surface area contributed by atoms with Gasteiger partial charge in [-0.3, -0.25) is 14.9 Å². The van der Waals surface area contributed by atoms with E-state index in [9.17, 15) is 9.59 Å². The van der Waals surface area contributed by atoms with Gasteiger partial charge >= 0.3 is 5.97 Å². The second kappa shape index (κ2) is 7.79. The van der Waals surface area contributed by atoms with Crippen molar-refractivity contribution in [2.24, 2.45) is 7.05 Å². The van der Waals surface area contributed by atoms with Crippen molar-refractivity contribution in [2.75, 3.05) is 11.9 Å². The summed E-state index contributed by atoms with van der Waals surface area (Å²) in [4.78, 5) is 22.6. The minimum Gasteiger partial charge on any atom is -1.00 e. The topological polar surface area (TPSA) is 91.9 Å². The number of halogens is 1. The molecule has 2 saturated heterocycles. The number of fused-ring (bicyclic) bond motifs is 1. The van der Waals surface area contributed by atoms with E-state index >= 15 is 0 Å². The summed E-state index contributed by atoms with van der Waals surface area (Å²) in [6, 6.07) is 0. The SMILES string of the molecule is CC(=O)Nc1c[n+](C)cn1[C@@H]1O[C@H](COC(C)=O)[C@H]2OC(C)(C)O[C@H]21.[I-]. The Bertz CT molecular complexity index is 692. The number of esters is 1. The number of carbonyl (C=O) groups excluding carboxylic acids is 2. The molecule has 0 aliphatic carbocycles. The van der Waals surface area contributed by atoms with E-state index in [1.165, 1.54) is 13.8 Å². The summed E-state index contributed by atoms with van der Waals surface area (Å²) in [6.45, 7) is 6.53. The molecule has 4 atom stereocenters. The molecule has 10 heteroatoms. The molecule has 2 aliphatic heterocycles. The van der Waals surface area contributed by atoms with Gasteiger partial charge in [-0.25, -0.2) is 4.57 Å². The fraction of sp³-hybridized carbons (Fsp3) is 0.688. The molecule has 146 valence electrons. The Morgan fingerprint density at radius 3 is 2.58 bits per heavy atom. The number of ether oxygens (including phenoxy) is 4.